The molecule has 4 N–H and O–H groups in total. The van der Waals surface area contributed by atoms with E-state index in [1.807, 2.05) is 64.1 Å². The quantitative estimate of drug-likeness (QED) is 0.0727. The molecule has 0 aliphatic carbocycles. The first-order chi connectivity index (χ1) is 31.8. The van der Waals surface area contributed by atoms with Gasteiger partial charge in [0.1, 0.15) is 34.9 Å². The molecule has 2 aliphatic heterocycles. The van der Waals surface area contributed by atoms with Gasteiger partial charge in [-0.25, -0.2) is 29.9 Å². The Labute approximate surface area is 402 Å². The Balaban J connectivity index is 0.000000196. The number of carbonyl (C=O) groups excluding carboxylic acids is 2. The summed E-state index contributed by atoms with van der Waals surface area (Å²) in [5.41, 5.74) is 3.70. The van der Waals surface area contributed by atoms with Crippen molar-refractivity contribution in [2.75, 3.05) is 99.1 Å². The average molecular weight is 974 g/mol. The van der Waals surface area contributed by atoms with Crippen LogP contribution < -0.4 is 20.4 Å². The molecule has 0 unspecified atom stereocenters. The molecule has 2 aromatic carbocycles. The molecule has 2 fully saturated rings. The second-order valence-electron chi connectivity index (χ2n) is 16.0. The third kappa shape index (κ3) is 13.0. The van der Waals surface area contributed by atoms with Gasteiger partial charge in [0.15, 0.2) is 21.8 Å². The molecule has 6 heterocycles. The van der Waals surface area contributed by atoms with Gasteiger partial charge in [0, 0.05) is 100 Å². The van der Waals surface area contributed by atoms with Crippen molar-refractivity contribution < 1.29 is 19.8 Å². The van der Waals surface area contributed by atoms with E-state index in [2.05, 4.69) is 60.1 Å². The van der Waals surface area contributed by atoms with Crippen molar-refractivity contribution in [3.63, 3.8) is 0 Å². The number of rotatable bonds is 16. The third-order valence-corrected chi connectivity index (χ3v) is 13.9. The first-order valence-electron chi connectivity index (χ1n) is 21.7. The van der Waals surface area contributed by atoms with E-state index in [0.717, 1.165) is 86.2 Å². The highest BCUT2D eigenvalue weighted by atomic mass is 35.5. The highest BCUT2D eigenvalue weighted by molar-refractivity contribution is 7.17. The molecule has 2 saturated heterocycles. The number of ketones is 2. The van der Waals surface area contributed by atoms with Crippen molar-refractivity contribution in [3.8, 4) is 0 Å². The Morgan fingerprint density at radius 2 is 1.00 bits per heavy atom. The van der Waals surface area contributed by atoms with E-state index < -0.39 is 0 Å². The second kappa shape index (κ2) is 23.0. The van der Waals surface area contributed by atoms with Crippen LogP contribution in [0, 0.1) is 27.7 Å². The van der Waals surface area contributed by atoms with E-state index in [1.54, 1.807) is 24.5 Å². The average Bonchev–Trinajstić information content (AvgIpc) is 3.97. The number of hydrogen-bond donors (Lipinski definition) is 4. The molecule has 0 spiro atoms. The molecule has 348 valence electrons. The van der Waals surface area contributed by atoms with Crippen molar-refractivity contribution in [1.29, 1.82) is 0 Å². The van der Waals surface area contributed by atoms with E-state index in [-0.39, 0.29) is 37.6 Å². The minimum Gasteiger partial charge on any atom is -0.395 e. The lowest BCUT2D eigenvalue weighted by molar-refractivity contribution is 0.0988. The largest absolute Gasteiger partial charge is 0.395 e. The fraction of sp³-hybridized carbons (Fsp3) is 0.391. The van der Waals surface area contributed by atoms with Crippen LogP contribution in [0.15, 0.2) is 60.9 Å². The Hall–Kier alpha value is -5.18. The predicted molar refractivity (Wildman–Crippen MR) is 264 cm³/mol. The number of aliphatic hydroxyl groups excluding tert-OH is 2. The van der Waals surface area contributed by atoms with Crippen molar-refractivity contribution in [2.24, 2.45) is 0 Å². The molecule has 66 heavy (non-hydrogen) atoms. The van der Waals surface area contributed by atoms with Crippen LogP contribution >= 0.6 is 45.9 Å². The summed E-state index contributed by atoms with van der Waals surface area (Å²) in [6.07, 6.45) is 3.67. The van der Waals surface area contributed by atoms with Gasteiger partial charge in [0.2, 0.25) is 0 Å². The van der Waals surface area contributed by atoms with Crippen LogP contribution in [0.5, 0.6) is 0 Å². The standard InChI is InChI=1S/2C23H27ClN6O2S/c2*1-15-4-3-5-18(24)17(15)12-19(32)20-14-25-23(33-20)28-21-13-22(27-16(2)26-21)30-8-6-29(7-9-30)10-11-31/h2*3-5,13-14,31H,6-12H2,1-2H3,(H,25,26,27,28). The van der Waals surface area contributed by atoms with Gasteiger partial charge in [0.25, 0.3) is 0 Å². The summed E-state index contributed by atoms with van der Waals surface area (Å²) in [7, 11) is 0. The first-order valence-corrected chi connectivity index (χ1v) is 24.1. The number of piperazine rings is 2. The number of hydrogen-bond acceptors (Lipinski definition) is 18. The van der Waals surface area contributed by atoms with Crippen molar-refractivity contribution >= 4 is 91.0 Å². The maximum atomic E-state index is 12.8. The van der Waals surface area contributed by atoms with Crippen molar-refractivity contribution in [1.82, 2.24) is 39.7 Å². The smallest absolute Gasteiger partial charge is 0.188 e. The number of anilines is 6. The highest BCUT2D eigenvalue weighted by Crippen LogP contribution is 2.29. The Kier molecular flexibility index (Phi) is 17.0. The van der Waals surface area contributed by atoms with Crippen molar-refractivity contribution in [2.45, 2.75) is 40.5 Å². The summed E-state index contributed by atoms with van der Waals surface area (Å²) in [6.45, 7) is 16.3. The Morgan fingerprint density at radius 3 is 1.36 bits per heavy atom. The zero-order valence-electron chi connectivity index (χ0n) is 37.4. The molecule has 0 atom stereocenters. The molecule has 0 radical (unpaired) electrons. The second-order valence-corrected chi connectivity index (χ2v) is 18.9. The lowest BCUT2D eigenvalue weighted by atomic mass is 10.0. The molecule has 4 aromatic heterocycles. The van der Waals surface area contributed by atoms with Gasteiger partial charge in [-0.05, 0) is 62.1 Å². The predicted octanol–water partition coefficient (Wildman–Crippen LogP) is 6.97. The molecule has 0 bridgehead atoms. The van der Waals surface area contributed by atoms with Gasteiger partial charge in [-0.3, -0.25) is 19.4 Å². The third-order valence-electron chi connectivity index (χ3n) is 11.3. The monoisotopic (exact) mass is 972 g/mol. The van der Waals surface area contributed by atoms with E-state index in [4.69, 9.17) is 33.4 Å². The number of carbonyl (C=O) groups is 2. The number of thiazole rings is 2. The molecular formula is C46H54Cl2N12O4S2. The first kappa shape index (κ1) is 48.7. The zero-order chi connectivity index (χ0) is 46.7. The summed E-state index contributed by atoms with van der Waals surface area (Å²) in [4.78, 5) is 62.6. The number of halogens is 2. The molecule has 20 heteroatoms. The summed E-state index contributed by atoms with van der Waals surface area (Å²) in [6, 6.07) is 15.1. The number of aliphatic hydroxyl groups is 2. The van der Waals surface area contributed by atoms with E-state index in [9.17, 15) is 9.59 Å². The number of benzene rings is 2. The fourth-order valence-corrected chi connectivity index (χ4v) is 9.76. The van der Waals surface area contributed by atoms with Crippen LogP contribution in [0.25, 0.3) is 0 Å². The number of nitrogens with zero attached hydrogens (tertiary/aromatic N) is 10. The van der Waals surface area contributed by atoms with Crippen LogP contribution in [0.4, 0.5) is 33.5 Å². The van der Waals surface area contributed by atoms with Gasteiger partial charge >= 0.3 is 0 Å². The minimum atomic E-state index is -0.0166. The molecule has 0 saturated carbocycles. The van der Waals surface area contributed by atoms with Crippen LogP contribution in [0.1, 0.15) is 53.2 Å². The van der Waals surface area contributed by atoms with Gasteiger partial charge in [-0.2, -0.15) is 0 Å². The van der Waals surface area contributed by atoms with Crippen molar-refractivity contribution in [3.05, 3.63) is 115 Å². The van der Waals surface area contributed by atoms with Crippen LogP contribution in [-0.2, 0) is 12.8 Å². The van der Waals surface area contributed by atoms with Gasteiger partial charge < -0.3 is 30.6 Å². The number of Topliss-reactive ketones (excluding diaryl/α,β-unsaturated/α-hetero) is 2. The van der Waals surface area contributed by atoms with Crippen LogP contribution in [0.3, 0.4) is 0 Å². The van der Waals surface area contributed by atoms with Crippen LogP contribution in [-0.4, -0.2) is 140 Å². The summed E-state index contributed by atoms with van der Waals surface area (Å²) >= 11 is 15.2. The molecule has 8 rings (SSSR count). The summed E-state index contributed by atoms with van der Waals surface area (Å²) in [5.74, 6) is 4.29. The van der Waals surface area contributed by atoms with Gasteiger partial charge in [0.05, 0.1) is 35.4 Å². The van der Waals surface area contributed by atoms with Crippen LogP contribution in [0.2, 0.25) is 10.0 Å². The lowest BCUT2D eigenvalue weighted by Crippen LogP contribution is -2.47. The molecule has 6 aromatic rings. The number of β-amino-alcohol motifs (C(OH)–C–C–N with tert-alkyl or cyclic N) is 2. The summed E-state index contributed by atoms with van der Waals surface area (Å²) in [5, 5.41) is 27.1. The Morgan fingerprint density at radius 1 is 0.606 bits per heavy atom. The van der Waals surface area contributed by atoms with E-state index in [0.29, 0.717) is 66.4 Å². The van der Waals surface area contributed by atoms with Gasteiger partial charge in [-0.15, -0.1) is 0 Å². The molecular weight excluding hydrogens is 920 g/mol. The maximum absolute atomic E-state index is 12.8. The highest BCUT2D eigenvalue weighted by Gasteiger charge is 2.22. The van der Waals surface area contributed by atoms with E-state index in [1.165, 1.54) is 22.7 Å². The number of nitrogens with one attached hydrogen (secondary N) is 2. The van der Waals surface area contributed by atoms with E-state index >= 15 is 0 Å². The SMILES string of the molecule is Cc1nc(Nc2ncc(C(=O)Cc3c(C)cccc3Cl)s2)cc(N2CCN(CCO)CC2)n1.Cc1nc(Nc2ncc(C(=O)Cc3c(C)cccc3Cl)s2)cc(N2CCN(CCO)CC2)n1. The number of aryl methyl sites for hydroxylation is 4. The normalized spacial score (nSPS) is 14.5. The molecule has 16 nitrogen and oxygen atoms in total. The summed E-state index contributed by atoms with van der Waals surface area (Å²) < 4.78 is 0. The maximum Gasteiger partial charge on any atom is 0.188 e. The molecule has 2 aliphatic rings. The minimum absolute atomic E-state index is 0.0166. The van der Waals surface area contributed by atoms with Gasteiger partial charge in [-0.1, -0.05) is 70.1 Å². The Bertz CT molecular complexity index is 2400. The number of aromatic nitrogens is 6. The molecule has 0 amide bonds. The lowest BCUT2D eigenvalue weighted by Gasteiger charge is -2.35. The fourth-order valence-electron chi connectivity index (χ4n) is 7.66. The topological polar surface area (TPSA) is 189 Å². The zero-order valence-corrected chi connectivity index (χ0v) is 40.6.